The van der Waals surface area contributed by atoms with Crippen molar-refractivity contribution in [3.05, 3.63) is 35.4 Å². The molecule has 0 saturated carbocycles. The number of benzene rings is 1. The summed E-state index contributed by atoms with van der Waals surface area (Å²) in [5, 5.41) is 8.86. The molecule has 1 saturated heterocycles. The Hall–Kier alpha value is -1.81. The van der Waals surface area contributed by atoms with E-state index in [1.54, 1.807) is 6.08 Å². The smallest absolute Gasteiger partial charge is 0.328 e. The first-order valence-corrected chi connectivity index (χ1v) is 7.37. The molecule has 0 aliphatic carbocycles. The van der Waals surface area contributed by atoms with Gasteiger partial charge in [0, 0.05) is 36.9 Å². The second-order valence-electron chi connectivity index (χ2n) is 6.00. The summed E-state index contributed by atoms with van der Waals surface area (Å²) < 4.78 is 0. The number of nitrogens with zero attached hydrogens (tertiary/aromatic N) is 2. The Morgan fingerprint density at radius 1 is 1.29 bits per heavy atom. The summed E-state index contributed by atoms with van der Waals surface area (Å²) in [5.41, 5.74) is 3.23. The molecule has 0 aromatic heterocycles. The molecule has 4 heteroatoms. The van der Waals surface area contributed by atoms with Gasteiger partial charge in [-0.3, -0.25) is 4.90 Å². The van der Waals surface area contributed by atoms with E-state index in [9.17, 15) is 4.79 Å². The molecule has 21 heavy (non-hydrogen) atoms. The third-order valence-corrected chi connectivity index (χ3v) is 4.29. The van der Waals surface area contributed by atoms with Crippen LogP contribution in [0.4, 0.5) is 5.69 Å². The molecule has 1 aliphatic rings. The highest BCUT2D eigenvalue weighted by Gasteiger charge is 2.27. The number of aliphatic carboxylic acids is 1. The summed E-state index contributed by atoms with van der Waals surface area (Å²) >= 11 is 0. The molecule has 1 fully saturated rings. The van der Waals surface area contributed by atoms with Gasteiger partial charge in [0.15, 0.2) is 0 Å². The molecule has 1 aliphatic heterocycles. The zero-order chi connectivity index (χ0) is 15.6. The lowest BCUT2D eigenvalue weighted by atomic mass is 10.0. The van der Waals surface area contributed by atoms with E-state index in [-0.39, 0.29) is 0 Å². The molecule has 0 radical (unpaired) electrons. The van der Waals surface area contributed by atoms with E-state index >= 15 is 0 Å². The summed E-state index contributed by atoms with van der Waals surface area (Å²) in [5.74, 6) is -0.914. The van der Waals surface area contributed by atoms with Crippen LogP contribution in [0.2, 0.25) is 0 Å². The molecule has 0 bridgehead atoms. The van der Waals surface area contributed by atoms with Gasteiger partial charge in [-0.2, -0.15) is 0 Å². The largest absolute Gasteiger partial charge is 0.478 e. The highest BCUT2D eigenvalue weighted by Crippen LogP contribution is 2.27. The molecular formula is C17H24N2O2. The van der Waals surface area contributed by atoms with Crippen LogP contribution in [-0.4, -0.2) is 48.2 Å². The summed E-state index contributed by atoms with van der Waals surface area (Å²) in [6.45, 7) is 8.39. The second-order valence-corrected chi connectivity index (χ2v) is 6.00. The molecule has 4 nitrogen and oxygen atoms in total. The molecule has 0 amide bonds. The molecule has 2 atom stereocenters. The minimum absolute atomic E-state index is 0.478. The van der Waals surface area contributed by atoms with Crippen molar-refractivity contribution in [3.63, 3.8) is 0 Å². The average molecular weight is 288 g/mol. The SMILES string of the molecule is Cc1ccc(N2CC(C)N(C)C(C)C2)c(/C=C/C(=O)O)c1. The lowest BCUT2D eigenvalue weighted by Crippen LogP contribution is -2.55. The van der Waals surface area contributed by atoms with Crippen molar-refractivity contribution in [1.29, 1.82) is 0 Å². The number of hydrogen-bond acceptors (Lipinski definition) is 3. The van der Waals surface area contributed by atoms with Crippen molar-refractivity contribution in [2.24, 2.45) is 0 Å². The monoisotopic (exact) mass is 288 g/mol. The third kappa shape index (κ3) is 3.64. The van der Waals surface area contributed by atoms with E-state index in [0.29, 0.717) is 12.1 Å². The van der Waals surface area contributed by atoms with E-state index in [4.69, 9.17) is 5.11 Å². The fourth-order valence-electron chi connectivity index (χ4n) is 2.86. The zero-order valence-corrected chi connectivity index (χ0v) is 13.2. The van der Waals surface area contributed by atoms with Crippen LogP contribution in [0.15, 0.2) is 24.3 Å². The second kappa shape index (κ2) is 6.31. The predicted octanol–water partition coefficient (Wildman–Crippen LogP) is 2.62. The Morgan fingerprint density at radius 2 is 1.90 bits per heavy atom. The summed E-state index contributed by atoms with van der Waals surface area (Å²) in [4.78, 5) is 15.5. The lowest BCUT2D eigenvalue weighted by molar-refractivity contribution is -0.131. The van der Waals surface area contributed by atoms with E-state index in [0.717, 1.165) is 29.9 Å². The number of carboxylic acids is 1. The Balaban J connectivity index is 2.32. The van der Waals surface area contributed by atoms with Crippen LogP contribution in [0.25, 0.3) is 6.08 Å². The molecule has 0 spiro atoms. The number of rotatable bonds is 3. The van der Waals surface area contributed by atoms with Gasteiger partial charge in [0.25, 0.3) is 0 Å². The molecule has 1 N–H and O–H groups in total. The van der Waals surface area contributed by atoms with Gasteiger partial charge in [-0.05, 0) is 51.6 Å². The van der Waals surface area contributed by atoms with Crippen molar-refractivity contribution in [2.45, 2.75) is 32.9 Å². The van der Waals surface area contributed by atoms with Crippen LogP contribution in [0.1, 0.15) is 25.0 Å². The van der Waals surface area contributed by atoms with Gasteiger partial charge in [-0.1, -0.05) is 11.6 Å². The van der Waals surface area contributed by atoms with Crippen LogP contribution in [-0.2, 0) is 4.79 Å². The fourth-order valence-corrected chi connectivity index (χ4v) is 2.86. The Bertz CT molecular complexity index is 542. The van der Waals surface area contributed by atoms with Gasteiger partial charge in [-0.25, -0.2) is 4.79 Å². The van der Waals surface area contributed by atoms with Gasteiger partial charge in [-0.15, -0.1) is 0 Å². The van der Waals surface area contributed by atoms with Gasteiger partial charge in [0.2, 0.25) is 0 Å². The molecule has 2 rings (SSSR count). The van der Waals surface area contributed by atoms with E-state index in [1.165, 1.54) is 6.08 Å². The number of piperazine rings is 1. The first-order valence-electron chi connectivity index (χ1n) is 7.37. The Kier molecular flexibility index (Phi) is 4.68. The highest BCUT2D eigenvalue weighted by atomic mass is 16.4. The third-order valence-electron chi connectivity index (χ3n) is 4.29. The number of anilines is 1. The Morgan fingerprint density at radius 3 is 2.48 bits per heavy atom. The lowest BCUT2D eigenvalue weighted by Gasteiger charge is -2.44. The zero-order valence-electron chi connectivity index (χ0n) is 13.2. The molecule has 1 aromatic carbocycles. The van der Waals surface area contributed by atoms with Crippen molar-refractivity contribution < 1.29 is 9.90 Å². The molecule has 1 heterocycles. The normalized spacial score (nSPS) is 23.7. The first kappa shape index (κ1) is 15.6. The van der Waals surface area contributed by atoms with Crippen molar-refractivity contribution in [3.8, 4) is 0 Å². The molecule has 2 unspecified atom stereocenters. The average Bonchev–Trinajstić information content (AvgIpc) is 2.42. The van der Waals surface area contributed by atoms with Gasteiger partial charge in [0.1, 0.15) is 0 Å². The van der Waals surface area contributed by atoms with Crippen LogP contribution in [0, 0.1) is 6.92 Å². The molecular weight excluding hydrogens is 264 g/mol. The van der Waals surface area contributed by atoms with Gasteiger partial charge in [0.05, 0.1) is 0 Å². The highest BCUT2D eigenvalue weighted by molar-refractivity contribution is 5.87. The van der Waals surface area contributed by atoms with Crippen LogP contribution >= 0.6 is 0 Å². The fraction of sp³-hybridized carbons (Fsp3) is 0.471. The summed E-state index contributed by atoms with van der Waals surface area (Å²) in [7, 11) is 2.16. The Labute approximate surface area is 126 Å². The molecule has 1 aromatic rings. The number of likely N-dealkylation sites (N-methyl/N-ethyl adjacent to an activating group) is 1. The number of aryl methyl sites for hydroxylation is 1. The molecule has 114 valence electrons. The first-order chi connectivity index (χ1) is 9.88. The van der Waals surface area contributed by atoms with Gasteiger partial charge >= 0.3 is 5.97 Å². The number of hydrogen-bond donors (Lipinski definition) is 1. The quantitative estimate of drug-likeness (QED) is 0.868. The van der Waals surface area contributed by atoms with Crippen molar-refractivity contribution in [1.82, 2.24) is 4.90 Å². The number of carbonyl (C=O) groups is 1. The minimum Gasteiger partial charge on any atom is -0.478 e. The van der Waals surface area contributed by atoms with Crippen LogP contribution in [0.3, 0.4) is 0 Å². The van der Waals surface area contributed by atoms with E-state index in [2.05, 4.69) is 42.8 Å². The van der Waals surface area contributed by atoms with Crippen molar-refractivity contribution >= 4 is 17.7 Å². The van der Waals surface area contributed by atoms with Crippen molar-refractivity contribution in [2.75, 3.05) is 25.0 Å². The van der Waals surface area contributed by atoms with E-state index in [1.807, 2.05) is 13.0 Å². The van der Waals surface area contributed by atoms with E-state index < -0.39 is 5.97 Å². The predicted molar refractivity (Wildman–Crippen MR) is 86.7 cm³/mol. The van der Waals surface area contributed by atoms with Crippen LogP contribution < -0.4 is 4.90 Å². The standard InChI is InChI=1S/C17H24N2O2/c1-12-5-7-16(15(9-12)6-8-17(20)21)19-10-13(2)18(4)14(3)11-19/h5-9,13-14H,10-11H2,1-4H3,(H,20,21)/b8-6+. The maximum absolute atomic E-state index is 10.8. The maximum atomic E-state index is 10.8. The summed E-state index contributed by atoms with van der Waals surface area (Å²) in [6, 6.07) is 7.18. The number of carboxylic acid groups (broad SMARTS) is 1. The topological polar surface area (TPSA) is 43.8 Å². The van der Waals surface area contributed by atoms with Gasteiger partial charge < -0.3 is 10.0 Å². The minimum atomic E-state index is -0.914. The maximum Gasteiger partial charge on any atom is 0.328 e. The van der Waals surface area contributed by atoms with Crippen LogP contribution in [0.5, 0.6) is 0 Å². The summed E-state index contributed by atoms with van der Waals surface area (Å²) in [6.07, 6.45) is 2.90.